The number of nitrogens with zero attached hydrogens (tertiary/aromatic N) is 1. The summed E-state index contributed by atoms with van der Waals surface area (Å²) in [5.74, 6) is 2.25. The lowest BCUT2D eigenvalue weighted by Gasteiger charge is -2.21. The summed E-state index contributed by atoms with van der Waals surface area (Å²) in [6, 6.07) is 0.620. The van der Waals surface area contributed by atoms with Crippen LogP contribution in [0.3, 0.4) is 0 Å². The third-order valence-electron chi connectivity index (χ3n) is 3.66. The molecule has 2 fully saturated rings. The predicted molar refractivity (Wildman–Crippen MR) is 73.2 cm³/mol. The number of nitrogens with one attached hydrogen (secondary N) is 1. The van der Waals surface area contributed by atoms with E-state index >= 15 is 0 Å². The first-order chi connectivity index (χ1) is 7.84. The molecular formula is C13H24N2S. The summed E-state index contributed by atoms with van der Waals surface area (Å²) >= 11 is 1.89. The van der Waals surface area contributed by atoms with Crippen molar-refractivity contribution in [1.29, 1.82) is 0 Å². The lowest BCUT2D eigenvalue weighted by Crippen LogP contribution is -2.35. The van der Waals surface area contributed by atoms with Crippen LogP contribution in [-0.4, -0.2) is 23.5 Å². The fourth-order valence-electron chi connectivity index (χ4n) is 2.61. The molecule has 1 aliphatic heterocycles. The van der Waals surface area contributed by atoms with Gasteiger partial charge in [0, 0.05) is 18.3 Å². The third-order valence-corrected chi connectivity index (χ3v) is 4.62. The molecule has 0 aromatic carbocycles. The van der Waals surface area contributed by atoms with Crippen molar-refractivity contribution in [1.82, 2.24) is 5.32 Å². The summed E-state index contributed by atoms with van der Waals surface area (Å²) in [5.41, 5.74) is 0. The second-order valence-corrected chi connectivity index (χ2v) is 6.25. The molecule has 1 saturated carbocycles. The van der Waals surface area contributed by atoms with Gasteiger partial charge in [-0.1, -0.05) is 37.4 Å². The minimum atomic E-state index is 0.620. The Bertz CT molecular complexity index is 234. The smallest absolute Gasteiger partial charge is 0.156 e. The van der Waals surface area contributed by atoms with Crippen molar-refractivity contribution in [3.8, 4) is 0 Å². The summed E-state index contributed by atoms with van der Waals surface area (Å²) in [5, 5.41) is 4.64. The van der Waals surface area contributed by atoms with E-state index in [9.17, 15) is 0 Å². The van der Waals surface area contributed by atoms with Gasteiger partial charge in [0.1, 0.15) is 0 Å². The van der Waals surface area contributed by atoms with Gasteiger partial charge in [-0.3, -0.25) is 4.99 Å². The SMILES string of the molecule is CC1CCSC(=NCCCC2CCCC2)N1. The molecule has 1 atom stereocenters. The molecule has 2 aliphatic rings. The molecule has 0 amide bonds. The molecule has 1 aliphatic carbocycles. The molecule has 0 spiro atoms. The van der Waals surface area contributed by atoms with Gasteiger partial charge >= 0.3 is 0 Å². The molecule has 0 bridgehead atoms. The molecule has 1 saturated heterocycles. The van der Waals surface area contributed by atoms with E-state index in [1.54, 1.807) is 0 Å². The molecule has 0 aromatic rings. The highest BCUT2D eigenvalue weighted by Gasteiger charge is 2.15. The lowest BCUT2D eigenvalue weighted by atomic mass is 10.0. The zero-order chi connectivity index (χ0) is 11.2. The van der Waals surface area contributed by atoms with Crippen LogP contribution in [0.1, 0.15) is 51.9 Å². The summed E-state index contributed by atoms with van der Waals surface area (Å²) in [6.45, 7) is 3.27. The lowest BCUT2D eigenvalue weighted by molar-refractivity contribution is 0.488. The summed E-state index contributed by atoms with van der Waals surface area (Å²) in [6.07, 6.45) is 9.83. The summed E-state index contributed by atoms with van der Waals surface area (Å²) < 4.78 is 0. The average Bonchev–Trinajstić information content (AvgIpc) is 2.77. The van der Waals surface area contributed by atoms with Crippen LogP contribution in [0.4, 0.5) is 0 Å². The fourth-order valence-corrected chi connectivity index (χ4v) is 3.74. The van der Waals surface area contributed by atoms with Gasteiger partial charge in [-0.15, -0.1) is 0 Å². The normalized spacial score (nSPS) is 29.6. The van der Waals surface area contributed by atoms with Crippen molar-refractivity contribution in [2.75, 3.05) is 12.3 Å². The number of aliphatic imine (C=N–C) groups is 1. The van der Waals surface area contributed by atoms with Crippen LogP contribution < -0.4 is 5.32 Å². The minimum Gasteiger partial charge on any atom is -0.362 e. The highest BCUT2D eigenvalue weighted by molar-refractivity contribution is 8.13. The molecule has 92 valence electrons. The minimum absolute atomic E-state index is 0.620. The maximum atomic E-state index is 4.66. The van der Waals surface area contributed by atoms with Crippen LogP contribution in [-0.2, 0) is 0 Å². The van der Waals surface area contributed by atoms with Gasteiger partial charge in [0.2, 0.25) is 0 Å². The number of hydrogen-bond acceptors (Lipinski definition) is 2. The highest BCUT2D eigenvalue weighted by Crippen LogP contribution is 2.28. The van der Waals surface area contributed by atoms with Gasteiger partial charge in [-0.2, -0.15) is 0 Å². The molecule has 3 heteroatoms. The summed E-state index contributed by atoms with van der Waals surface area (Å²) in [7, 11) is 0. The molecule has 2 nitrogen and oxygen atoms in total. The number of rotatable bonds is 4. The summed E-state index contributed by atoms with van der Waals surface area (Å²) in [4.78, 5) is 4.66. The van der Waals surface area contributed by atoms with E-state index in [1.807, 2.05) is 11.8 Å². The van der Waals surface area contributed by atoms with E-state index in [2.05, 4.69) is 17.2 Å². The van der Waals surface area contributed by atoms with Crippen LogP contribution in [0, 0.1) is 5.92 Å². The zero-order valence-corrected chi connectivity index (χ0v) is 11.2. The van der Waals surface area contributed by atoms with Gasteiger partial charge in [0.05, 0.1) is 0 Å². The Labute approximate surface area is 104 Å². The third kappa shape index (κ3) is 4.00. The number of amidine groups is 1. The standard InChI is InChI=1S/C13H24N2S/c1-11-8-10-16-13(15-11)14-9-4-7-12-5-2-3-6-12/h11-12H,2-10H2,1H3,(H,14,15). The van der Waals surface area contributed by atoms with Crippen LogP contribution in [0.5, 0.6) is 0 Å². The fraction of sp³-hybridized carbons (Fsp3) is 0.923. The zero-order valence-electron chi connectivity index (χ0n) is 10.4. The van der Waals surface area contributed by atoms with Crippen LogP contribution >= 0.6 is 11.8 Å². The second-order valence-electron chi connectivity index (χ2n) is 5.16. The van der Waals surface area contributed by atoms with Crippen LogP contribution in [0.15, 0.2) is 4.99 Å². The maximum Gasteiger partial charge on any atom is 0.156 e. The highest BCUT2D eigenvalue weighted by atomic mass is 32.2. The number of thioether (sulfide) groups is 1. The van der Waals surface area contributed by atoms with Crippen molar-refractivity contribution in [3.05, 3.63) is 0 Å². The quantitative estimate of drug-likeness (QED) is 0.761. The van der Waals surface area contributed by atoms with E-state index in [0.29, 0.717) is 6.04 Å². The van der Waals surface area contributed by atoms with Gasteiger partial charge in [0.15, 0.2) is 5.17 Å². The van der Waals surface area contributed by atoms with Crippen LogP contribution in [0.25, 0.3) is 0 Å². The van der Waals surface area contributed by atoms with Gasteiger partial charge < -0.3 is 5.32 Å². The Balaban J connectivity index is 1.60. The van der Waals surface area contributed by atoms with Gasteiger partial charge in [-0.25, -0.2) is 0 Å². The Morgan fingerprint density at radius 2 is 2.12 bits per heavy atom. The van der Waals surface area contributed by atoms with Gasteiger partial charge in [0.25, 0.3) is 0 Å². The Morgan fingerprint density at radius 1 is 1.31 bits per heavy atom. The molecule has 16 heavy (non-hydrogen) atoms. The Kier molecular flexibility index (Phi) is 5.01. The average molecular weight is 240 g/mol. The van der Waals surface area contributed by atoms with Crippen molar-refractivity contribution in [2.45, 2.75) is 57.9 Å². The molecule has 1 unspecified atom stereocenters. The molecule has 1 N–H and O–H groups in total. The maximum absolute atomic E-state index is 4.66. The molecule has 0 aromatic heterocycles. The topological polar surface area (TPSA) is 24.4 Å². The first-order valence-corrected chi connectivity index (χ1v) is 7.77. The van der Waals surface area contributed by atoms with Crippen molar-refractivity contribution < 1.29 is 0 Å². The van der Waals surface area contributed by atoms with Crippen molar-refractivity contribution in [3.63, 3.8) is 0 Å². The van der Waals surface area contributed by atoms with Crippen molar-refractivity contribution in [2.24, 2.45) is 10.9 Å². The monoisotopic (exact) mass is 240 g/mol. The first kappa shape index (κ1) is 12.3. The van der Waals surface area contributed by atoms with Crippen molar-refractivity contribution >= 4 is 16.9 Å². The molecular weight excluding hydrogens is 216 g/mol. The van der Waals surface area contributed by atoms with E-state index in [1.165, 1.54) is 55.9 Å². The Hall–Kier alpha value is -0.180. The number of hydrogen-bond donors (Lipinski definition) is 1. The first-order valence-electron chi connectivity index (χ1n) is 6.78. The van der Waals surface area contributed by atoms with E-state index in [4.69, 9.17) is 0 Å². The van der Waals surface area contributed by atoms with E-state index in [0.717, 1.165) is 12.5 Å². The van der Waals surface area contributed by atoms with Crippen LogP contribution in [0.2, 0.25) is 0 Å². The second kappa shape index (κ2) is 6.53. The van der Waals surface area contributed by atoms with E-state index < -0.39 is 0 Å². The molecule has 0 radical (unpaired) electrons. The van der Waals surface area contributed by atoms with E-state index in [-0.39, 0.29) is 0 Å². The predicted octanol–water partition coefficient (Wildman–Crippen LogP) is 3.43. The Morgan fingerprint density at radius 3 is 2.88 bits per heavy atom. The van der Waals surface area contributed by atoms with Gasteiger partial charge in [-0.05, 0) is 32.1 Å². The molecule has 2 rings (SSSR count). The molecule has 1 heterocycles. The largest absolute Gasteiger partial charge is 0.362 e.